The molecule has 0 aromatic carbocycles. The first-order valence-electron chi connectivity index (χ1n) is 2.41. The molecule has 56 valence electrons. The Kier molecular flexibility index (Phi) is 9.11. The van der Waals surface area contributed by atoms with Crippen LogP contribution in [0.2, 0.25) is 0 Å². The first-order valence-corrected chi connectivity index (χ1v) is 3.29. The van der Waals surface area contributed by atoms with Crippen molar-refractivity contribution in [3.63, 3.8) is 0 Å². The molecule has 0 aliphatic carbocycles. The first-order chi connectivity index (χ1) is 4.41. The predicted octanol–water partition coefficient (Wildman–Crippen LogP) is 0.294. The number of aliphatic hydroxyl groups is 1. The topological polar surface area (TPSA) is 47.9 Å². The fourth-order valence-corrected chi connectivity index (χ4v) is 0.425. The van der Waals surface area contributed by atoms with Gasteiger partial charge in [0.2, 0.25) is 0 Å². The Hall–Kier alpha value is 0.570. The largest absolute Gasteiger partial charge is 0.371 e. The summed E-state index contributed by atoms with van der Waals surface area (Å²) >= 11 is 1.78. The molecule has 0 aromatic heterocycles. The van der Waals surface area contributed by atoms with Crippen molar-refractivity contribution in [1.82, 2.24) is 0 Å². The maximum absolute atomic E-state index is 8.09. The number of aliphatic hydroxyl groups excluding tert-OH is 1. The molecule has 0 bridgehead atoms. The molecular formula is C4H9IO4. The van der Waals surface area contributed by atoms with Crippen LogP contribution in [0.1, 0.15) is 0 Å². The maximum atomic E-state index is 8.09. The maximum Gasteiger partial charge on any atom is 0.149 e. The zero-order valence-electron chi connectivity index (χ0n) is 4.88. The van der Waals surface area contributed by atoms with Gasteiger partial charge in [-0.2, -0.15) is 0 Å². The lowest BCUT2D eigenvalue weighted by Gasteiger charge is -2.00. The standard InChI is InChI=1S/C4H9IO4/c5-9-2-1-7-4-8-3-6/h6H,1-4H2. The van der Waals surface area contributed by atoms with E-state index in [4.69, 9.17) is 9.84 Å². The van der Waals surface area contributed by atoms with E-state index >= 15 is 0 Å². The van der Waals surface area contributed by atoms with Crippen molar-refractivity contribution in [1.29, 1.82) is 0 Å². The van der Waals surface area contributed by atoms with Crippen LogP contribution in [-0.4, -0.2) is 31.9 Å². The Bertz CT molecular complexity index is 45.8. The quantitative estimate of drug-likeness (QED) is 0.417. The van der Waals surface area contributed by atoms with Crippen LogP contribution in [0.5, 0.6) is 0 Å². The smallest absolute Gasteiger partial charge is 0.149 e. The van der Waals surface area contributed by atoms with E-state index in [9.17, 15) is 0 Å². The molecular weight excluding hydrogens is 239 g/mol. The van der Waals surface area contributed by atoms with Crippen LogP contribution in [0.15, 0.2) is 0 Å². The highest BCUT2D eigenvalue weighted by Gasteiger charge is 1.84. The summed E-state index contributed by atoms with van der Waals surface area (Å²) in [5.41, 5.74) is 0. The number of hydrogen-bond donors (Lipinski definition) is 1. The zero-order chi connectivity index (χ0) is 6.95. The summed E-state index contributed by atoms with van der Waals surface area (Å²) in [7, 11) is 0. The SMILES string of the molecule is OCOCOCCOI. The van der Waals surface area contributed by atoms with E-state index in [1.165, 1.54) is 0 Å². The lowest BCUT2D eigenvalue weighted by molar-refractivity contribution is -0.110. The van der Waals surface area contributed by atoms with Crippen molar-refractivity contribution >= 4 is 23.0 Å². The lowest BCUT2D eigenvalue weighted by Crippen LogP contribution is -2.04. The van der Waals surface area contributed by atoms with E-state index in [0.29, 0.717) is 13.2 Å². The molecule has 0 saturated heterocycles. The fraction of sp³-hybridized carbons (Fsp3) is 1.00. The van der Waals surface area contributed by atoms with E-state index in [0.717, 1.165) is 0 Å². The molecule has 0 aliphatic rings. The van der Waals surface area contributed by atoms with Gasteiger partial charge in [0.25, 0.3) is 0 Å². The van der Waals surface area contributed by atoms with Crippen molar-refractivity contribution in [2.75, 3.05) is 26.8 Å². The van der Waals surface area contributed by atoms with E-state index in [1.807, 2.05) is 0 Å². The van der Waals surface area contributed by atoms with Crippen LogP contribution in [0.3, 0.4) is 0 Å². The molecule has 0 unspecified atom stereocenters. The molecule has 0 spiro atoms. The Morgan fingerprint density at radius 3 is 2.56 bits per heavy atom. The van der Waals surface area contributed by atoms with Gasteiger partial charge in [0.1, 0.15) is 36.6 Å². The molecule has 0 heterocycles. The fourth-order valence-electron chi connectivity index (χ4n) is 0.246. The minimum atomic E-state index is -0.301. The van der Waals surface area contributed by atoms with Crippen molar-refractivity contribution in [2.24, 2.45) is 0 Å². The molecule has 0 rings (SSSR count). The second-order valence-electron chi connectivity index (χ2n) is 1.17. The van der Waals surface area contributed by atoms with Crippen molar-refractivity contribution < 1.29 is 17.6 Å². The molecule has 0 saturated carbocycles. The van der Waals surface area contributed by atoms with Gasteiger partial charge in [-0.15, -0.1) is 0 Å². The van der Waals surface area contributed by atoms with E-state index in [1.54, 1.807) is 23.0 Å². The Labute approximate surface area is 67.8 Å². The van der Waals surface area contributed by atoms with Crippen LogP contribution in [0.25, 0.3) is 0 Å². The molecule has 0 amide bonds. The van der Waals surface area contributed by atoms with Crippen molar-refractivity contribution in [3.8, 4) is 0 Å². The van der Waals surface area contributed by atoms with Crippen LogP contribution in [-0.2, 0) is 12.5 Å². The Morgan fingerprint density at radius 2 is 2.00 bits per heavy atom. The minimum absolute atomic E-state index is 0.122. The van der Waals surface area contributed by atoms with Gasteiger partial charge in [0, 0.05) is 0 Å². The van der Waals surface area contributed by atoms with E-state index in [-0.39, 0.29) is 13.6 Å². The van der Waals surface area contributed by atoms with Crippen LogP contribution in [0, 0.1) is 0 Å². The number of hydrogen-bond acceptors (Lipinski definition) is 4. The molecule has 0 aliphatic heterocycles. The third-order valence-electron chi connectivity index (χ3n) is 0.563. The van der Waals surface area contributed by atoms with Gasteiger partial charge in [-0.3, -0.25) is 0 Å². The lowest BCUT2D eigenvalue weighted by atomic mass is 10.8. The molecule has 5 heteroatoms. The second-order valence-corrected chi connectivity index (χ2v) is 1.80. The molecule has 1 N–H and O–H groups in total. The number of ether oxygens (including phenoxy) is 2. The van der Waals surface area contributed by atoms with Gasteiger partial charge in [-0.1, -0.05) is 0 Å². The van der Waals surface area contributed by atoms with Crippen molar-refractivity contribution in [2.45, 2.75) is 0 Å². The number of rotatable bonds is 6. The van der Waals surface area contributed by atoms with Gasteiger partial charge in [-0.05, 0) is 0 Å². The normalized spacial score (nSPS) is 10.0. The monoisotopic (exact) mass is 248 g/mol. The summed E-state index contributed by atoms with van der Waals surface area (Å²) in [5.74, 6) is 0. The van der Waals surface area contributed by atoms with Gasteiger partial charge in [0.15, 0.2) is 0 Å². The highest BCUT2D eigenvalue weighted by molar-refractivity contribution is 14.1. The third-order valence-corrected chi connectivity index (χ3v) is 1.00. The minimum Gasteiger partial charge on any atom is -0.371 e. The molecule has 0 fully saturated rings. The highest BCUT2D eigenvalue weighted by atomic mass is 127. The van der Waals surface area contributed by atoms with Crippen LogP contribution < -0.4 is 0 Å². The van der Waals surface area contributed by atoms with E-state index < -0.39 is 0 Å². The number of halogens is 1. The summed E-state index contributed by atoms with van der Waals surface area (Å²) in [5, 5.41) is 8.09. The summed E-state index contributed by atoms with van der Waals surface area (Å²) in [6.07, 6.45) is 0. The van der Waals surface area contributed by atoms with Gasteiger partial charge >= 0.3 is 0 Å². The molecule has 9 heavy (non-hydrogen) atoms. The van der Waals surface area contributed by atoms with Crippen molar-refractivity contribution in [3.05, 3.63) is 0 Å². The van der Waals surface area contributed by atoms with Crippen LogP contribution in [0.4, 0.5) is 0 Å². The average molecular weight is 248 g/mol. The van der Waals surface area contributed by atoms with Gasteiger partial charge in [-0.25, -0.2) is 0 Å². The molecule has 0 atom stereocenters. The third kappa shape index (κ3) is 8.57. The first kappa shape index (κ1) is 9.57. The summed E-state index contributed by atoms with van der Waals surface area (Å²) in [6.45, 7) is 0.847. The average Bonchev–Trinajstić information content (AvgIpc) is 1.89. The Morgan fingerprint density at radius 1 is 1.22 bits per heavy atom. The summed E-state index contributed by atoms with van der Waals surface area (Å²) in [6, 6.07) is 0. The zero-order valence-corrected chi connectivity index (χ0v) is 7.04. The molecule has 4 nitrogen and oxygen atoms in total. The Balaban J connectivity index is 2.60. The predicted molar refractivity (Wildman–Crippen MR) is 39.0 cm³/mol. The summed E-state index contributed by atoms with van der Waals surface area (Å²) in [4.78, 5) is 0. The second kappa shape index (κ2) is 8.57. The highest BCUT2D eigenvalue weighted by Crippen LogP contribution is 1.84. The molecule has 0 radical (unpaired) electrons. The molecule has 0 aromatic rings. The summed E-state index contributed by atoms with van der Waals surface area (Å²) < 4.78 is 13.9. The van der Waals surface area contributed by atoms with Crippen LogP contribution >= 0.6 is 23.0 Å². The van der Waals surface area contributed by atoms with Gasteiger partial charge in [0.05, 0.1) is 13.2 Å². The van der Waals surface area contributed by atoms with E-state index in [2.05, 4.69) is 7.80 Å². The van der Waals surface area contributed by atoms with Gasteiger partial charge < -0.3 is 17.6 Å².